The van der Waals surface area contributed by atoms with Gasteiger partial charge >= 0.3 is 0 Å². The predicted octanol–water partition coefficient (Wildman–Crippen LogP) is 1.67. The Balaban J connectivity index is 1.90. The van der Waals surface area contributed by atoms with E-state index in [0.717, 1.165) is 28.6 Å². The number of hydrogen-bond donors (Lipinski definition) is 1. The fourth-order valence-corrected chi connectivity index (χ4v) is 4.24. The van der Waals surface area contributed by atoms with E-state index in [-0.39, 0.29) is 18.2 Å². The first-order chi connectivity index (χ1) is 11.5. The fourth-order valence-electron chi connectivity index (χ4n) is 2.63. The van der Waals surface area contributed by atoms with Gasteiger partial charge in [-0.2, -0.15) is 4.31 Å². The number of carbonyl (C=O) groups is 1. The first kappa shape index (κ1) is 19.2. The van der Waals surface area contributed by atoms with Crippen LogP contribution in [0.3, 0.4) is 0 Å². The number of alkyl halides is 1. The number of nitrogens with one attached hydrogen (secondary N) is 1. The number of hydrogen-bond acceptors (Lipinski definition) is 4. The van der Waals surface area contributed by atoms with Crippen LogP contribution in [-0.4, -0.2) is 49.9 Å². The van der Waals surface area contributed by atoms with E-state index < -0.39 is 10.0 Å². The van der Waals surface area contributed by atoms with Gasteiger partial charge in [0.2, 0.25) is 15.9 Å². The van der Waals surface area contributed by atoms with Crippen LogP contribution < -0.4 is 10.1 Å². The summed E-state index contributed by atoms with van der Waals surface area (Å²) < 4.78 is 31.6. The van der Waals surface area contributed by atoms with Crippen molar-refractivity contribution < 1.29 is 17.9 Å². The first-order valence-electron chi connectivity index (χ1n) is 7.92. The number of sulfonamides is 1. The molecular weight excluding hydrogens is 396 g/mol. The van der Waals surface area contributed by atoms with Gasteiger partial charge in [-0.05, 0) is 36.1 Å². The van der Waals surface area contributed by atoms with Crippen molar-refractivity contribution in [2.24, 2.45) is 0 Å². The Bertz CT molecular complexity index is 679. The average Bonchev–Trinajstić information content (AvgIpc) is 2.58. The zero-order valence-electron chi connectivity index (χ0n) is 13.8. The lowest BCUT2D eigenvalue weighted by Gasteiger charge is -2.28. The molecule has 0 unspecified atom stereocenters. The Hall–Kier alpha value is -1.12. The fraction of sp³-hybridized carbons (Fsp3) is 0.562. The molecule has 1 aliphatic rings. The van der Waals surface area contributed by atoms with Crippen molar-refractivity contribution in [1.82, 2.24) is 9.62 Å². The molecule has 0 saturated heterocycles. The van der Waals surface area contributed by atoms with Crippen LogP contribution in [0.1, 0.15) is 24.0 Å². The van der Waals surface area contributed by atoms with E-state index >= 15 is 0 Å². The van der Waals surface area contributed by atoms with Crippen molar-refractivity contribution in [2.45, 2.75) is 25.8 Å². The molecule has 0 aromatic heterocycles. The van der Waals surface area contributed by atoms with Gasteiger partial charge in [0.05, 0.1) is 12.9 Å². The Morgan fingerprint density at radius 3 is 2.88 bits per heavy atom. The second kappa shape index (κ2) is 8.82. The first-order valence-corrected chi connectivity index (χ1v) is 10.7. The minimum Gasteiger partial charge on any atom is -0.497 e. The number of halogens is 1. The maximum atomic E-state index is 12.5. The van der Waals surface area contributed by atoms with Crippen molar-refractivity contribution in [2.75, 3.05) is 31.3 Å². The molecule has 0 spiro atoms. The van der Waals surface area contributed by atoms with Crippen LogP contribution >= 0.6 is 15.9 Å². The van der Waals surface area contributed by atoms with Crippen LogP contribution in [0, 0.1) is 0 Å². The molecule has 1 aliphatic heterocycles. The summed E-state index contributed by atoms with van der Waals surface area (Å²) in [6.45, 7) is 0.981. The molecule has 0 radical (unpaired) electrons. The second-order valence-electron chi connectivity index (χ2n) is 5.68. The summed E-state index contributed by atoms with van der Waals surface area (Å²) in [6.07, 6.45) is 1.82. The standard InChI is InChI=1S/C16H23BrN2O4S/c1-23-15-5-4-14-12-19(9-6-13(14)11-15)24(21,22)10-8-18-16(20)3-2-7-17/h4-5,11H,2-3,6-10,12H2,1H3,(H,18,20). The van der Waals surface area contributed by atoms with Crippen molar-refractivity contribution in [3.05, 3.63) is 29.3 Å². The van der Waals surface area contributed by atoms with E-state index in [0.29, 0.717) is 25.9 Å². The number of carbonyl (C=O) groups excluding carboxylic acids is 1. The number of benzene rings is 1. The van der Waals surface area contributed by atoms with Crippen LogP contribution in [0.25, 0.3) is 0 Å². The lowest BCUT2D eigenvalue weighted by Crippen LogP contribution is -2.40. The Labute approximate surface area is 151 Å². The van der Waals surface area contributed by atoms with Gasteiger partial charge in [-0.1, -0.05) is 22.0 Å². The molecule has 0 aliphatic carbocycles. The molecular formula is C16H23BrN2O4S. The van der Waals surface area contributed by atoms with Crippen LogP contribution in [0.15, 0.2) is 18.2 Å². The smallest absolute Gasteiger partial charge is 0.220 e. The Kier molecular flexibility index (Phi) is 7.06. The molecule has 8 heteroatoms. The monoisotopic (exact) mass is 418 g/mol. The molecule has 134 valence electrons. The quantitative estimate of drug-likeness (QED) is 0.651. The van der Waals surface area contributed by atoms with Crippen molar-refractivity contribution in [3.8, 4) is 5.75 Å². The summed E-state index contributed by atoms with van der Waals surface area (Å²) >= 11 is 3.26. The summed E-state index contributed by atoms with van der Waals surface area (Å²) in [7, 11) is -1.76. The van der Waals surface area contributed by atoms with Gasteiger partial charge < -0.3 is 10.1 Å². The van der Waals surface area contributed by atoms with Gasteiger partial charge in [-0.3, -0.25) is 4.79 Å². The van der Waals surface area contributed by atoms with Gasteiger partial charge in [0.1, 0.15) is 5.75 Å². The minimum atomic E-state index is -3.38. The van der Waals surface area contributed by atoms with E-state index in [1.807, 2.05) is 18.2 Å². The SMILES string of the molecule is COc1ccc2c(c1)CCN(S(=O)(=O)CCNC(=O)CCCBr)C2. The normalized spacial score (nSPS) is 14.9. The molecule has 1 amide bonds. The molecule has 0 saturated carbocycles. The molecule has 1 N–H and O–H groups in total. The van der Waals surface area contributed by atoms with E-state index in [9.17, 15) is 13.2 Å². The van der Waals surface area contributed by atoms with Crippen molar-refractivity contribution in [3.63, 3.8) is 0 Å². The highest BCUT2D eigenvalue weighted by Crippen LogP contribution is 2.25. The molecule has 1 aromatic carbocycles. The molecule has 6 nitrogen and oxygen atoms in total. The third-order valence-electron chi connectivity index (χ3n) is 4.00. The van der Waals surface area contributed by atoms with Gasteiger partial charge in [0.15, 0.2) is 0 Å². The molecule has 1 heterocycles. The van der Waals surface area contributed by atoms with Crippen LogP contribution in [0.5, 0.6) is 5.75 Å². The number of methoxy groups -OCH3 is 1. The van der Waals surface area contributed by atoms with Crippen LogP contribution in [0.2, 0.25) is 0 Å². The number of rotatable bonds is 8. The van der Waals surface area contributed by atoms with E-state index in [4.69, 9.17) is 4.74 Å². The van der Waals surface area contributed by atoms with Crippen LogP contribution in [-0.2, 0) is 27.8 Å². The summed E-state index contributed by atoms with van der Waals surface area (Å²) in [6, 6.07) is 5.72. The zero-order chi connectivity index (χ0) is 17.6. The average molecular weight is 419 g/mol. The number of amides is 1. The molecule has 0 bridgehead atoms. The lowest BCUT2D eigenvalue weighted by atomic mass is 10.0. The minimum absolute atomic E-state index is 0.0709. The highest BCUT2D eigenvalue weighted by atomic mass is 79.9. The summed E-state index contributed by atoms with van der Waals surface area (Å²) in [5.74, 6) is 0.607. The number of ether oxygens (including phenoxy) is 1. The Morgan fingerprint density at radius 2 is 2.17 bits per heavy atom. The topological polar surface area (TPSA) is 75.7 Å². The third-order valence-corrected chi connectivity index (χ3v) is 6.38. The highest BCUT2D eigenvalue weighted by Gasteiger charge is 2.26. The molecule has 24 heavy (non-hydrogen) atoms. The molecule has 0 atom stereocenters. The summed E-state index contributed by atoms with van der Waals surface area (Å²) in [5, 5.41) is 3.43. The second-order valence-corrected chi connectivity index (χ2v) is 8.56. The lowest BCUT2D eigenvalue weighted by molar-refractivity contribution is -0.120. The predicted molar refractivity (Wildman–Crippen MR) is 96.9 cm³/mol. The molecule has 1 aromatic rings. The van der Waals surface area contributed by atoms with Gasteiger partial charge in [0, 0.05) is 31.4 Å². The van der Waals surface area contributed by atoms with E-state index in [1.54, 1.807) is 7.11 Å². The number of fused-ring (bicyclic) bond motifs is 1. The van der Waals surface area contributed by atoms with Crippen molar-refractivity contribution in [1.29, 1.82) is 0 Å². The van der Waals surface area contributed by atoms with E-state index in [1.165, 1.54) is 4.31 Å². The largest absolute Gasteiger partial charge is 0.497 e. The van der Waals surface area contributed by atoms with E-state index in [2.05, 4.69) is 21.2 Å². The molecule has 2 rings (SSSR count). The van der Waals surface area contributed by atoms with Gasteiger partial charge in [0.25, 0.3) is 0 Å². The van der Waals surface area contributed by atoms with Crippen molar-refractivity contribution >= 4 is 31.9 Å². The highest BCUT2D eigenvalue weighted by molar-refractivity contribution is 9.09. The summed E-state index contributed by atoms with van der Waals surface area (Å²) in [5.41, 5.74) is 2.14. The maximum absolute atomic E-state index is 12.5. The zero-order valence-corrected chi connectivity index (χ0v) is 16.2. The maximum Gasteiger partial charge on any atom is 0.220 e. The number of nitrogens with zero attached hydrogens (tertiary/aromatic N) is 1. The van der Waals surface area contributed by atoms with Gasteiger partial charge in [-0.15, -0.1) is 0 Å². The van der Waals surface area contributed by atoms with Gasteiger partial charge in [-0.25, -0.2) is 8.42 Å². The van der Waals surface area contributed by atoms with Crippen LogP contribution in [0.4, 0.5) is 0 Å². The third kappa shape index (κ3) is 5.19. The Morgan fingerprint density at radius 1 is 1.38 bits per heavy atom. The molecule has 0 fully saturated rings. The summed E-state index contributed by atoms with van der Waals surface area (Å²) in [4.78, 5) is 11.5.